The maximum Gasteiger partial charge on any atom is 0.303 e. The first-order valence-electron chi connectivity index (χ1n) is 6.86. The van der Waals surface area contributed by atoms with Gasteiger partial charge >= 0.3 is 5.97 Å². The van der Waals surface area contributed by atoms with Gasteiger partial charge in [-0.05, 0) is 24.6 Å². The summed E-state index contributed by atoms with van der Waals surface area (Å²) >= 11 is 5.83. The second-order valence-electron chi connectivity index (χ2n) is 4.99. The topological polar surface area (TPSA) is 101 Å². The number of amides is 1. The monoisotopic (exact) mass is 353 g/mol. The lowest BCUT2D eigenvalue weighted by atomic mass is 10.2. The first-order valence-corrected chi connectivity index (χ1v) is 7.24. The third-order valence-corrected chi connectivity index (χ3v) is 3.33. The number of benzene rings is 1. The van der Waals surface area contributed by atoms with Crippen molar-refractivity contribution in [1.82, 2.24) is 9.78 Å². The van der Waals surface area contributed by atoms with Crippen LogP contribution in [0.15, 0.2) is 24.3 Å². The van der Waals surface area contributed by atoms with Crippen molar-refractivity contribution in [2.45, 2.75) is 19.8 Å². The molecular weight excluding hydrogens is 341 g/mol. The highest BCUT2D eigenvalue weighted by Gasteiger charge is 2.19. The standard InChI is InChI=1S/C15H13ClFN3O4/c1-8-2-3-10(9(17)6-8)18-15(24)11-7-12(16)20(19-11)13(21)4-5-14(22)23/h2-3,6-7H,4-5H2,1H3,(H,18,24)(H,22,23). The van der Waals surface area contributed by atoms with E-state index in [0.29, 0.717) is 5.56 Å². The third kappa shape index (κ3) is 4.17. The molecule has 1 aromatic heterocycles. The van der Waals surface area contributed by atoms with E-state index in [1.807, 2.05) is 0 Å². The fourth-order valence-electron chi connectivity index (χ4n) is 1.87. The van der Waals surface area contributed by atoms with Gasteiger partial charge in [-0.2, -0.15) is 9.78 Å². The fourth-order valence-corrected chi connectivity index (χ4v) is 2.11. The largest absolute Gasteiger partial charge is 0.481 e. The van der Waals surface area contributed by atoms with Crippen molar-refractivity contribution in [3.63, 3.8) is 0 Å². The molecule has 0 bridgehead atoms. The maximum absolute atomic E-state index is 13.7. The number of rotatable bonds is 5. The summed E-state index contributed by atoms with van der Waals surface area (Å²) in [6.45, 7) is 1.71. The minimum Gasteiger partial charge on any atom is -0.481 e. The second-order valence-corrected chi connectivity index (χ2v) is 5.38. The Balaban J connectivity index is 2.14. The van der Waals surface area contributed by atoms with Crippen molar-refractivity contribution >= 4 is 35.1 Å². The van der Waals surface area contributed by atoms with Crippen molar-refractivity contribution in [3.8, 4) is 0 Å². The molecule has 0 unspecified atom stereocenters. The van der Waals surface area contributed by atoms with Crippen molar-refractivity contribution in [2.75, 3.05) is 5.32 Å². The van der Waals surface area contributed by atoms with Gasteiger partial charge in [-0.25, -0.2) is 4.39 Å². The number of carboxylic acid groups (broad SMARTS) is 1. The fraction of sp³-hybridized carbons (Fsp3) is 0.200. The Morgan fingerprint density at radius 2 is 2.00 bits per heavy atom. The number of hydrogen-bond acceptors (Lipinski definition) is 4. The average Bonchev–Trinajstić information content (AvgIpc) is 2.89. The highest BCUT2D eigenvalue weighted by Crippen LogP contribution is 2.18. The third-order valence-electron chi connectivity index (χ3n) is 3.06. The SMILES string of the molecule is Cc1ccc(NC(=O)c2cc(Cl)n(C(=O)CCC(=O)O)n2)c(F)c1. The average molecular weight is 354 g/mol. The van der Waals surface area contributed by atoms with Gasteiger partial charge in [0.05, 0.1) is 12.1 Å². The molecule has 0 fully saturated rings. The number of aromatic nitrogens is 2. The van der Waals surface area contributed by atoms with Gasteiger partial charge in [0.1, 0.15) is 11.0 Å². The van der Waals surface area contributed by atoms with Gasteiger partial charge in [0.25, 0.3) is 5.91 Å². The Morgan fingerprint density at radius 1 is 1.29 bits per heavy atom. The van der Waals surface area contributed by atoms with Gasteiger partial charge in [0.2, 0.25) is 5.91 Å². The van der Waals surface area contributed by atoms with Gasteiger partial charge in [-0.15, -0.1) is 0 Å². The number of aliphatic carboxylic acids is 1. The molecule has 9 heteroatoms. The summed E-state index contributed by atoms with van der Waals surface area (Å²) in [5, 5.41) is 14.5. The molecule has 2 N–H and O–H groups in total. The van der Waals surface area contributed by atoms with E-state index >= 15 is 0 Å². The molecule has 0 spiro atoms. The van der Waals surface area contributed by atoms with Crippen molar-refractivity contribution in [2.24, 2.45) is 0 Å². The summed E-state index contributed by atoms with van der Waals surface area (Å²) in [6, 6.07) is 5.43. The van der Waals surface area contributed by atoms with Gasteiger partial charge in [-0.3, -0.25) is 14.4 Å². The number of nitrogens with zero attached hydrogens (tertiary/aromatic N) is 2. The van der Waals surface area contributed by atoms with Crippen LogP contribution in [0.2, 0.25) is 5.15 Å². The van der Waals surface area contributed by atoms with E-state index in [4.69, 9.17) is 16.7 Å². The minimum atomic E-state index is -1.14. The van der Waals surface area contributed by atoms with Crippen LogP contribution in [-0.2, 0) is 4.79 Å². The number of carboxylic acids is 1. The van der Waals surface area contributed by atoms with E-state index < -0.39 is 23.6 Å². The summed E-state index contributed by atoms with van der Waals surface area (Å²) < 4.78 is 14.5. The Morgan fingerprint density at radius 3 is 2.62 bits per heavy atom. The molecule has 0 aliphatic rings. The van der Waals surface area contributed by atoms with Crippen molar-refractivity contribution in [3.05, 3.63) is 46.5 Å². The number of halogens is 2. The number of anilines is 1. The number of aryl methyl sites for hydroxylation is 1. The normalized spacial score (nSPS) is 10.5. The van der Waals surface area contributed by atoms with Gasteiger partial charge in [0.15, 0.2) is 5.69 Å². The van der Waals surface area contributed by atoms with E-state index in [1.165, 1.54) is 12.1 Å². The molecule has 0 atom stereocenters. The molecule has 126 valence electrons. The number of carbonyl (C=O) groups is 3. The lowest BCUT2D eigenvalue weighted by Gasteiger charge is -2.05. The summed E-state index contributed by atoms with van der Waals surface area (Å²) in [7, 11) is 0. The highest BCUT2D eigenvalue weighted by atomic mass is 35.5. The van der Waals surface area contributed by atoms with Crippen LogP contribution < -0.4 is 5.32 Å². The first-order chi connectivity index (χ1) is 11.3. The molecule has 7 nitrogen and oxygen atoms in total. The molecular formula is C15H13ClFN3O4. The first kappa shape index (κ1) is 17.6. The molecule has 2 rings (SSSR count). The Kier molecular flexibility index (Phi) is 5.30. The quantitative estimate of drug-likeness (QED) is 0.860. The molecule has 1 heterocycles. The van der Waals surface area contributed by atoms with Crippen LogP contribution in [-0.4, -0.2) is 32.7 Å². The second kappa shape index (κ2) is 7.22. The number of hydrogen-bond donors (Lipinski definition) is 2. The van der Waals surface area contributed by atoms with Gasteiger partial charge < -0.3 is 10.4 Å². The zero-order valence-corrected chi connectivity index (χ0v) is 13.3. The van der Waals surface area contributed by atoms with Crippen molar-refractivity contribution in [1.29, 1.82) is 0 Å². The Bertz CT molecular complexity index is 819. The summed E-state index contributed by atoms with van der Waals surface area (Å²) in [5.41, 5.74) is 0.471. The van der Waals surface area contributed by atoms with E-state index in [2.05, 4.69) is 10.4 Å². The van der Waals surface area contributed by atoms with Crippen LogP contribution in [0.4, 0.5) is 10.1 Å². The zero-order chi connectivity index (χ0) is 17.9. The summed E-state index contributed by atoms with van der Waals surface area (Å²) in [4.78, 5) is 34.4. The van der Waals surface area contributed by atoms with Crippen LogP contribution in [0.1, 0.15) is 33.7 Å². The van der Waals surface area contributed by atoms with E-state index in [1.54, 1.807) is 13.0 Å². The Hall–Kier alpha value is -2.74. The molecule has 0 radical (unpaired) electrons. The predicted octanol–water partition coefficient (Wildman–Crippen LogP) is 2.74. The van der Waals surface area contributed by atoms with Crippen LogP contribution in [0.3, 0.4) is 0 Å². The molecule has 2 aromatic rings. The van der Waals surface area contributed by atoms with Crippen LogP contribution >= 0.6 is 11.6 Å². The predicted molar refractivity (Wildman–Crippen MR) is 83.8 cm³/mol. The maximum atomic E-state index is 13.7. The Labute approximate surface area is 141 Å². The summed E-state index contributed by atoms with van der Waals surface area (Å²) in [5.74, 6) is -3.15. The minimum absolute atomic E-state index is 0.0338. The number of carbonyl (C=O) groups excluding carboxylic acids is 2. The number of nitrogens with one attached hydrogen (secondary N) is 1. The molecule has 0 saturated heterocycles. The van der Waals surface area contributed by atoms with E-state index in [9.17, 15) is 18.8 Å². The summed E-state index contributed by atoms with van der Waals surface area (Å²) in [6.07, 6.45) is -0.699. The van der Waals surface area contributed by atoms with Gasteiger partial charge in [0, 0.05) is 12.5 Å². The lowest BCUT2D eigenvalue weighted by Crippen LogP contribution is -2.17. The van der Waals surface area contributed by atoms with Crippen LogP contribution in [0.25, 0.3) is 0 Å². The highest BCUT2D eigenvalue weighted by molar-refractivity contribution is 6.31. The van der Waals surface area contributed by atoms with E-state index in [-0.39, 0.29) is 29.4 Å². The molecule has 1 amide bonds. The molecule has 0 aliphatic carbocycles. The molecule has 24 heavy (non-hydrogen) atoms. The molecule has 0 aliphatic heterocycles. The zero-order valence-electron chi connectivity index (χ0n) is 12.5. The van der Waals surface area contributed by atoms with Gasteiger partial charge in [-0.1, -0.05) is 17.7 Å². The lowest BCUT2D eigenvalue weighted by molar-refractivity contribution is -0.137. The van der Waals surface area contributed by atoms with Crippen molar-refractivity contribution < 1.29 is 23.9 Å². The molecule has 0 saturated carbocycles. The van der Waals surface area contributed by atoms with Crippen LogP contribution in [0, 0.1) is 12.7 Å². The van der Waals surface area contributed by atoms with E-state index in [0.717, 1.165) is 10.7 Å². The smallest absolute Gasteiger partial charge is 0.303 e. The molecule has 1 aromatic carbocycles. The van der Waals surface area contributed by atoms with Crippen LogP contribution in [0.5, 0.6) is 0 Å².